The lowest BCUT2D eigenvalue weighted by molar-refractivity contribution is 0.0203. The van der Waals surface area contributed by atoms with Crippen molar-refractivity contribution >= 4 is 31.9 Å². The van der Waals surface area contributed by atoms with Crippen molar-refractivity contribution < 1.29 is 4.74 Å². The van der Waals surface area contributed by atoms with Crippen molar-refractivity contribution in [2.75, 3.05) is 26.3 Å². The molecule has 1 aliphatic rings. The highest BCUT2D eigenvalue weighted by atomic mass is 79.9. The number of ether oxygens (including phenoxy) is 1. The number of aromatic nitrogens is 2. The van der Waals surface area contributed by atoms with Crippen molar-refractivity contribution in [2.24, 2.45) is 0 Å². The van der Waals surface area contributed by atoms with E-state index in [2.05, 4.69) is 41.9 Å². The average Bonchev–Trinajstić information content (AvgIpc) is 2.31. The highest BCUT2D eigenvalue weighted by molar-refractivity contribution is 9.13. The van der Waals surface area contributed by atoms with Crippen LogP contribution in [0.3, 0.4) is 0 Å². The Hall–Kier alpha value is -0.240. The first-order valence-electron chi connectivity index (χ1n) is 4.89. The molecule has 1 aromatic rings. The van der Waals surface area contributed by atoms with Crippen LogP contribution in [0.15, 0.2) is 19.9 Å². The summed E-state index contributed by atoms with van der Waals surface area (Å²) in [6.45, 7) is 3.61. The molecule has 5 nitrogen and oxygen atoms in total. The Labute approximate surface area is 110 Å². The molecular formula is C9H11Br2N3O2. The minimum atomic E-state index is -0.124. The van der Waals surface area contributed by atoms with E-state index >= 15 is 0 Å². The topological polar surface area (TPSA) is 47.4 Å². The van der Waals surface area contributed by atoms with Gasteiger partial charge in [0.25, 0.3) is 5.56 Å². The van der Waals surface area contributed by atoms with Gasteiger partial charge in [0.05, 0.1) is 30.6 Å². The van der Waals surface area contributed by atoms with Gasteiger partial charge < -0.3 is 4.74 Å². The molecule has 7 heteroatoms. The van der Waals surface area contributed by atoms with E-state index in [1.807, 2.05) is 0 Å². The van der Waals surface area contributed by atoms with Crippen LogP contribution in [0.1, 0.15) is 0 Å². The Morgan fingerprint density at radius 1 is 1.38 bits per heavy atom. The Kier molecular flexibility index (Phi) is 4.12. The number of morpholine rings is 1. The largest absolute Gasteiger partial charge is 0.379 e. The number of nitrogens with zero attached hydrogens (tertiary/aromatic N) is 3. The van der Waals surface area contributed by atoms with E-state index in [0.717, 1.165) is 13.1 Å². The molecule has 1 aromatic heterocycles. The molecular weight excluding hydrogens is 342 g/mol. The molecule has 0 N–H and O–H groups in total. The zero-order chi connectivity index (χ0) is 11.5. The molecule has 0 aliphatic carbocycles. The van der Waals surface area contributed by atoms with Gasteiger partial charge in [-0.15, -0.1) is 0 Å². The molecule has 0 amide bonds. The summed E-state index contributed by atoms with van der Waals surface area (Å²) in [6.07, 6.45) is 1.62. The van der Waals surface area contributed by atoms with Gasteiger partial charge in [0.2, 0.25) is 0 Å². The molecule has 0 saturated carbocycles. The van der Waals surface area contributed by atoms with Crippen LogP contribution >= 0.6 is 31.9 Å². The van der Waals surface area contributed by atoms with Crippen LogP contribution in [-0.4, -0.2) is 41.0 Å². The molecule has 0 aromatic carbocycles. The first-order chi connectivity index (χ1) is 7.68. The van der Waals surface area contributed by atoms with E-state index in [1.54, 1.807) is 6.20 Å². The Bertz CT molecular complexity index is 429. The summed E-state index contributed by atoms with van der Waals surface area (Å²) in [4.78, 5) is 14.0. The molecule has 0 unspecified atom stereocenters. The Morgan fingerprint density at radius 2 is 2.06 bits per heavy atom. The van der Waals surface area contributed by atoms with E-state index in [-0.39, 0.29) is 5.56 Å². The van der Waals surface area contributed by atoms with E-state index < -0.39 is 0 Å². The van der Waals surface area contributed by atoms with Crippen LogP contribution in [0.4, 0.5) is 0 Å². The van der Waals surface area contributed by atoms with Crippen molar-refractivity contribution in [1.29, 1.82) is 0 Å². The van der Waals surface area contributed by atoms with E-state index in [9.17, 15) is 4.79 Å². The van der Waals surface area contributed by atoms with Crippen LogP contribution in [-0.2, 0) is 11.4 Å². The second-order valence-corrected chi connectivity index (χ2v) is 5.13. The molecule has 0 spiro atoms. The van der Waals surface area contributed by atoms with Gasteiger partial charge in [0.15, 0.2) is 0 Å². The van der Waals surface area contributed by atoms with Gasteiger partial charge in [0, 0.05) is 13.1 Å². The summed E-state index contributed by atoms with van der Waals surface area (Å²) in [5.74, 6) is 0. The molecule has 0 radical (unpaired) electrons. The summed E-state index contributed by atoms with van der Waals surface area (Å²) in [7, 11) is 0. The highest BCUT2D eigenvalue weighted by Gasteiger charge is 2.13. The second kappa shape index (κ2) is 5.39. The van der Waals surface area contributed by atoms with Gasteiger partial charge >= 0.3 is 0 Å². The van der Waals surface area contributed by atoms with Gasteiger partial charge in [-0.3, -0.25) is 9.69 Å². The first-order valence-corrected chi connectivity index (χ1v) is 6.48. The van der Waals surface area contributed by atoms with Crippen LogP contribution < -0.4 is 5.56 Å². The lowest BCUT2D eigenvalue weighted by Crippen LogP contribution is -2.40. The predicted molar refractivity (Wildman–Crippen MR) is 66.3 cm³/mol. The van der Waals surface area contributed by atoms with Gasteiger partial charge in [-0.25, -0.2) is 4.68 Å². The number of rotatable bonds is 2. The molecule has 16 heavy (non-hydrogen) atoms. The van der Waals surface area contributed by atoms with Crippen LogP contribution in [0.5, 0.6) is 0 Å². The number of halogens is 2. The normalized spacial score (nSPS) is 17.6. The van der Waals surface area contributed by atoms with Crippen molar-refractivity contribution in [1.82, 2.24) is 14.7 Å². The van der Waals surface area contributed by atoms with Crippen molar-refractivity contribution in [3.63, 3.8) is 0 Å². The third-order valence-electron chi connectivity index (χ3n) is 2.38. The summed E-state index contributed by atoms with van der Waals surface area (Å²) in [5, 5.41) is 4.08. The molecule has 2 heterocycles. The maximum absolute atomic E-state index is 11.8. The highest BCUT2D eigenvalue weighted by Crippen LogP contribution is 2.16. The fourth-order valence-corrected chi connectivity index (χ4v) is 2.05. The van der Waals surface area contributed by atoms with Crippen LogP contribution in [0.25, 0.3) is 0 Å². The Morgan fingerprint density at radius 3 is 2.75 bits per heavy atom. The maximum atomic E-state index is 11.8. The lowest BCUT2D eigenvalue weighted by atomic mass is 10.4. The monoisotopic (exact) mass is 351 g/mol. The SMILES string of the molecule is O=c1c(Br)c(Br)cnn1CN1CCOCC1. The smallest absolute Gasteiger partial charge is 0.283 e. The van der Waals surface area contributed by atoms with Crippen molar-refractivity contribution in [2.45, 2.75) is 6.67 Å². The second-order valence-electron chi connectivity index (χ2n) is 3.48. The quantitative estimate of drug-likeness (QED) is 0.798. The van der Waals surface area contributed by atoms with E-state index in [0.29, 0.717) is 28.8 Å². The summed E-state index contributed by atoms with van der Waals surface area (Å²) in [6, 6.07) is 0. The van der Waals surface area contributed by atoms with Crippen molar-refractivity contribution in [3.05, 3.63) is 25.5 Å². The van der Waals surface area contributed by atoms with E-state index in [4.69, 9.17) is 4.74 Å². The van der Waals surface area contributed by atoms with Gasteiger partial charge in [-0.05, 0) is 31.9 Å². The zero-order valence-corrected chi connectivity index (χ0v) is 11.7. The van der Waals surface area contributed by atoms with Crippen LogP contribution in [0, 0.1) is 0 Å². The van der Waals surface area contributed by atoms with Crippen LogP contribution in [0.2, 0.25) is 0 Å². The number of hydrogen-bond acceptors (Lipinski definition) is 4. The maximum Gasteiger partial charge on any atom is 0.283 e. The molecule has 1 aliphatic heterocycles. The average molecular weight is 353 g/mol. The third kappa shape index (κ3) is 2.71. The minimum Gasteiger partial charge on any atom is -0.379 e. The molecule has 88 valence electrons. The van der Waals surface area contributed by atoms with Crippen molar-refractivity contribution in [3.8, 4) is 0 Å². The van der Waals surface area contributed by atoms with Gasteiger partial charge in [-0.1, -0.05) is 0 Å². The minimum absolute atomic E-state index is 0.124. The summed E-state index contributed by atoms with van der Waals surface area (Å²) in [5.41, 5.74) is -0.124. The standard InChI is InChI=1S/C9H11Br2N3O2/c10-7-5-12-14(9(15)8(7)11)6-13-1-3-16-4-2-13/h5H,1-4,6H2. The third-order valence-corrected chi connectivity index (χ3v) is 4.28. The fourth-order valence-electron chi connectivity index (χ4n) is 1.48. The predicted octanol–water partition coefficient (Wildman–Crippen LogP) is 1.06. The fraction of sp³-hybridized carbons (Fsp3) is 0.556. The lowest BCUT2D eigenvalue weighted by Gasteiger charge is -2.26. The van der Waals surface area contributed by atoms with E-state index in [1.165, 1.54) is 4.68 Å². The zero-order valence-electron chi connectivity index (χ0n) is 8.53. The summed E-state index contributed by atoms with van der Waals surface area (Å²) < 4.78 is 7.88. The Balaban J connectivity index is 2.15. The molecule has 2 rings (SSSR count). The molecule has 0 atom stereocenters. The first kappa shape index (κ1) is 12.2. The van der Waals surface area contributed by atoms with Gasteiger partial charge in [-0.2, -0.15) is 5.10 Å². The summed E-state index contributed by atoms with van der Waals surface area (Å²) >= 11 is 6.48. The molecule has 1 fully saturated rings. The van der Waals surface area contributed by atoms with Gasteiger partial charge in [0.1, 0.15) is 4.47 Å². The number of hydrogen-bond donors (Lipinski definition) is 0. The molecule has 1 saturated heterocycles. The molecule has 0 bridgehead atoms.